The lowest BCUT2D eigenvalue weighted by atomic mass is 9.97. The standard InChI is InChI=1S/C19H33N5OS.HI/c1-20-19(21-14-16-5-7-23(2)8-6-16)22-15-17(18-4-3-13-26-18)24-9-11-25-12-10-24;/h3-4,13,16-17H,5-12,14-15H2,1-2H3,(H2,20,21,22);1H. The smallest absolute Gasteiger partial charge is 0.191 e. The average molecular weight is 507 g/mol. The van der Waals surface area contributed by atoms with Crippen LogP contribution in [0.15, 0.2) is 22.5 Å². The molecule has 0 radical (unpaired) electrons. The SMILES string of the molecule is CN=C(NCC1CCN(C)CC1)NCC(c1cccs1)N1CCOCC1.I. The summed E-state index contributed by atoms with van der Waals surface area (Å²) in [7, 11) is 4.07. The molecular weight excluding hydrogens is 473 g/mol. The highest BCUT2D eigenvalue weighted by Crippen LogP contribution is 2.25. The quantitative estimate of drug-likeness (QED) is 0.352. The Hall–Kier alpha value is -0.420. The first kappa shape index (κ1) is 22.9. The van der Waals surface area contributed by atoms with E-state index in [2.05, 4.69) is 50.0 Å². The molecule has 3 heterocycles. The van der Waals surface area contributed by atoms with Crippen molar-refractivity contribution in [2.24, 2.45) is 10.9 Å². The summed E-state index contributed by atoms with van der Waals surface area (Å²) >= 11 is 1.83. The molecule has 0 saturated carbocycles. The van der Waals surface area contributed by atoms with Crippen LogP contribution in [0.3, 0.4) is 0 Å². The van der Waals surface area contributed by atoms with Crippen LogP contribution < -0.4 is 10.6 Å². The number of halogens is 1. The lowest BCUT2D eigenvalue weighted by Gasteiger charge is -2.34. The van der Waals surface area contributed by atoms with E-state index in [-0.39, 0.29) is 24.0 Å². The summed E-state index contributed by atoms with van der Waals surface area (Å²) in [6.07, 6.45) is 2.54. The number of morpholine rings is 1. The molecule has 2 fully saturated rings. The summed E-state index contributed by atoms with van der Waals surface area (Å²) in [5.74, 6) is 1.66. The zero-order valence-corrected chi connectivity index (χ0v) is 19.7. The van der Waals surface area contributed by atoms with Gasteiger partial charge in [0.2, 0.25) is 0 Å². The summed E-state index contributed by atoms with van der Waals surface area (Å²) in [6, 6.07) is 4.75. The molecule has 0 amide bonds. The number of thiophene rings is 1. The number of aliphatic imine (C=N–C) groups is 1. The predicted molar refractivity (Wildman–Crippen MR) is 124 cm³/mol. The third-order valence-corrected chi connectivity index (χ3v) is 6.41. The molecule has 6 nitrogen and oxygen atoms in total. The second-order valence-corrected chi connectivity index (χ2v) is 8.24. The van der Waals surface area contributed by atoms with Gasteiger partial charge in [0.1, 0.15) is 0 Å². The van der Waals surface area contributed by atoms with Crippen LogP contribution >= 0.6 is 35.3 Å². The minimum Gasteiger partial charge on any atom is -0.379 e. The minimum absolute atomic E-state index is 0. The predicted octanol–water partition coefficient (Wildman–Crippen LogP) is 2.25. The fourth-order valence-corrected chi connectivity index (χ4v) is 4.56. The first-order valence-electron chi connectivity index (χ1n) is 9.74. The largest absolute Gasteiger partial charge is 0.379 e. The molecule has 1 unspecified atom stereocenters. The number of nitrogens with one attached hydrogen (secondary N) is 2. The van der Waals surface area contributed by atoms with Crippen molar-refractivity contribution in [3.05, 3.63) is 22.4 Å². The molecule has 27 heavy (non-hydrogen) atoms. The third-order valence-electron chi connectivity index (χ3n) is 5.44. The molecule has 0 bridgehead atoms. The van der Waals surface area contributed by atoms with Gasteiger partial charge in [0.25, 0.3) is 0 Å². The highest BCUT2D eigenvalue weighted by Gasteiger charge is 2.24. The van der Waals surface area contributed by atoms with Crippen LogP contribution in [0.4, 0.5) is 0 Å². The highest BCUT2D eigenvalue weighted by atomic mass is 127. The number of hydrogen-bond donors (Lipinski definition) is 2. The Morgan fingerprint density at radius 3 is 2.63 bits per heavy atom. The number of likely N-dealkylation sites (tertiary alicyclic amines) is 1. The first-order chi connectivity index (χ1) is 12.8. The van der Waals surface area contributed by atoms with Crippen molar-refractivity contribution in [1.82, 2.24) is 20.4 Å². The molecule has 1 aromatic heterocycles. The number of guanidine groups is 1. The van der Waals surface area contributed by atoms with Crippen LogP contribution in [-0.4, -0.2) is 82.3 Å². The van der Waals surface area contributed by atoms with Gasteiger partial charge in [-0.05, 0) is 50.3 Å². The Kier molecular flexibility index (Phi) is 10.3. The van der Waals surface area contributed by atoms with Crippen molar-refractivity contribution in [2.45, 2.75) is 18.9 Å². The van der Waals surface area contributed by atoms with Gasteiger partial charge in [-0.2, -0.15) is 0 Å². The number of hydrogen-bond acceptors (Lipinski definition) is 5. The van der Waals surface area contributed by atoms with Crippen LogP contribution in [0.2, 0.25) is 0 Å². The monoisotopic (exact) mass is 507 g/mol. The molecule has 154 valence electrons. The number of nitrogens with zero attached hydrogens (tertiary/aromatic N) is 3. The Morgan fingerprint density at radius 2 is 2.00 bits per heavy atom. The molecule has 2 aliphatic rings. The van der Waals surface area contributed by atoms with Gasteiger partial charge in [-0.15, -0.1) is 35.3 Å². The van der Waals surface area contributed by atoms with E-state index < -0.39 is 0 Å². The maximum absolute atomic E-state index is 5.53. The molecule has 0 aromatic carbocycles. The lowest BCUT2D eigenvalue weighted by Crippen LogP contribution is -2.47. The van der Waals surface area contributed by atoms with Gasteiger partial charge in [-0.25, -0.2) is 0 Å². The van der Waals surface area contributed by atoms with Crippen LogP contribution in [0.25, 0.3) is 0 Å². The fourth-order valence-electron chi connectivity index (χ4n) is 3.70. The van der Waals surface area contributed by atoms with Gasteiger partial charge < -0.3 is 20.3 Å². The molecule has 2 aliphatic heterocycles. The van der Waals surface area contributed by atoms with E-state index in [1.54, 1.807) is 0 Å². The summed E-state index contributed by atoms with van der Waals surface area (Å²) in [5, 5.41) is 9.26. The summed E-state index contributed by atoms with van der Waals surface area (Å²) in [6.45, 7) is 7.92. The minimum atomic E-state index is 0. The molecule has 2 saturated heterocycles. The van der Waals surface area contributed by atoms with E-state index in [0.717, 1.165) is 51.3 Å². The molecule has 8 heteroatoms. The van der Waals surface area contributed by atoms with Crippen LogP contribution in [0, 0.1) is 5.92 Å². The van der Waals surface area contributed by atoms with Crippen molar-refractivity contribution in [3.63, 3.8) is 0 Å². The van der Waals surface area contributed by atoms with E-state index in [0.29, 0.717) is 6.04 Å². The maximum atomic E-state index is 5.53. The summed E-state index contributed by atoms with van der Waals surface area (Å²) < 4.78 is 5.53. The van der Waals surface area contributed by atoms with Crippen molar-refractivity contribution >= 4 is 41.3 Å². The second-order valence-electron chi connectivity index (χ2n) is 7.26. The molecule has 0 spiro atoms. The Labute approximate surface area is 184 Å². The molecule has 1 atom stereocenters. The number of piperidine rings is 1. The van der Waals surface area contributed by atoms with Crippen LogP contribution in [-0.2, 0) is 4.74 Å². The highest BCUT2D eigenvalue weighted by molar-refractivity contribution is 14.0. The van der Waals surface area contributed by atoms with E-state index >= 15 is 0 Å². The molecule has 1 aromatic rings. The second kappa shape index (κ2) is 12.2. The van der Waals surface area contributed by atoms with Gasteiger partial charge in [0, 0.05) is 38.1 Å². The van der Waals surface area contributed by atoms with Crippen LogP contribution in [0.5, 0.6) is 0 Å². The van der Waals surface area contributed by atoms with E-state index in [1.165, 1.54) is 30.8 Å². The van der Waals surface area contributed by atoms with Crippen molar-refractivity contribution in [3.8, 4) is 0 Å². The van der Waals surface area contributed by atoms with Crippen molar-refractivity contribution in [1.29, 1.82) is 0 Å². The molecule has 0 aliphatic carbocycles. The normalized spacial score (nSPS) is 21.5. The van der Waals surface area contributed by atoms with Gasteiger partial charge in [0.05, 0.1) is 19.3 Å². The Balaban J connectivity index is 0.00000261. The molecular formula is C19H34IN5OS. The van der Waals surface area contributed by atoms with Gasteiger partial charge in [0.15, 0.2) is 5.96 Å². The lowest BCUT2D eigenvalue weighted by molar-refractivity contribution is 0.0177. The fraction of sp³-hybridized carbons (Fsp3) is 0.737. The first-order valence-corrected chi connectivity index (χ1v) is 10.6. The zero-order valence-electron chi connectivity index (χ0n) is 16.5. The van der Waals surface area contributed by atoms with Gasteiger partial charge in [-0.1, -0.05) is 6.07 Å². The Bertz CT molecular complexity index is 542. The molecule has 2 N–H and O–H groups in total. The number of ether oxygens (including phenoxy) is 1. The van der Waals surface area contributed by atoms with Gasteiger partial charge in [-0.3, -0.25) is 9.89 Å². The van der Waals surface area contributed by atoms with Crippen molar-refractivity contribution < 1.29 is 4.74 Å². The topological polar surface area (TPSA) is 52.1 Å². The van der Waals surface area contributed by atoms with E-state index in [9.17, 15) is 0 Å². The van der Waals surface area contributed by atoms with E-state index in [1.807, 2.05) is 18.4 Å². The maximum Gasteiger partial charge on any atom is 0.191 e. The third kappa shape index (κ3) is 7.16. The van der Waals surface area contributed by atoms with Gasteiger partial charge >= 0.3 is 0 Å². The van der Waals surface area contributed by atoms with E-state index in [4.69, 9.17) is 4.74 Å². The number of rotatable bonds is 6. The average Bonchev–Trinajstić information content (AvgIpc) is 3.21. The zero-order chi connectivity index (χ0) is 18.2. The molecule has 3 rings (SSSR count). The van der Waals surface area contributed by atoms with Crippen molar-refractivity contribution in [2.75, 3.05) is 66.6 Å². The summed E-state index contributed by atoms with van der Waals surface area (Å²) in [4.78, 5) is 10.8. The summed E-state index contributed by atoms with van der Waals surface area (Å²) in [5.41, 5.74) is 0. The van der Waals surface area contributed by atoms with Crippen LogP contribution in [0.1, 0.15) is 23.8 Å². The Morgan fingerprint density at radius 1 is 1.26 bits per heavy atom.